The molecular formula is C12H19N3O2. The molecule has 0 spiro atoms. The molecular weight excluding hydrogens is 218 g/mol. The summed E-state index contributed by atoms with van der Waals surface area (Å²) in [7, 11) is 1.73. The molecule has 1 aromatic carbocycles. The maximum Gasteiger partial charge on any atom is 0.191 e. The highest BCUT2D eigenvalue weighted by molar-refractivity contribution is 5.56. The largest absolute Gasteiger partial charge is 0.696 e. The van der Waals surface area contributed by atoms with Crippen LogP contribution in [0.2, 0.25) is 0 Å². The summed E-state index contributed by atoms with van der Waals surface area (Å²) in [5.74, 6) is 0.721. The van der Waals surface area contributed by atoms with Crippen molar-refractivity contribution < 1.29 is 9.60 Å². The first-order valence-electron chi connectivity index (χ1n) is 5.69. The summed E-state index contributed by atoms with van der Waals surface area (Å²) in [5, 5.41) is 16.9. The van der Waals surface area contributed by atoms with Crippen LogP contribution in [0.3, 0.4) is 0 Å². The minimum atomic E-state index is -0.184. The average molecular weight is 237 g/mol. The van der Waals surface area contributed by atoms with E-state index in [1.54, 1.807) is 20.9 Å². The fourth-order valence-corrected chi connectivity index (χ4v) is 1.29. The van der Waals surface area contributed by atoms with Crippen molar-refractivity contribution in [1.29, 1.82) is 0 Å². The van der Waals surface area contributed by atoms with Crippen LogP contribution in [0.15, 0.2) is 29.5 Å². The summed E-state index contributed by atoms with van der Waals surface area (Å²) in [6.45, 7) is 6.08. The van der Waals surface area contributed by atoms with Gasteiger partial charge >= 0.3 is 0 Å². The van der Waals surface area contributed by atoms with Crippen LogP contribution in [0.5, 0.6) is 5.75 Å². The molecule has 5 heteroatoms. The van der Waals surface area contributed by atoms with Crippen LogP contribution in [0.1, 0.15) is 20.8 Å². The fourth-order valence-electron chi connectivity index (χ4n) is 1.29. The summed E-state index contributed by atoms with van der Waals surface area (Å²) >= 11 is 0. The minimum absolute atomic E-state index is 0.184. The monoisotopic (exact) mass is 237 g/mol. The number of nitrogens with zero attached hydrogens (tertiary/aromatic N) is 3. The van der Waals surface area contributed by atoms with E-state index in [2.05, 4.69) is 5.22 Å². The summed E-state index contributed by atoms with van der Waals surface area (Å²) < 4.78 is 5.48. The van der Waals surface area contributed by atoms with Crippen molar-refractivity contribution >= 4 is 5.69 Å². The average Bonchev–Trinajstić information content (AvgIpc) is 2.29. The first-order chi connectivity index (χ1) is 8.06. The second-order valence-corrected chi connectivity index (χ2v) is 3.91. The zero-order chi connectivity index (χ0) is 12.8. The second kappa shape index (κ2) is 6.08. The summed E-state index contributed by atoms with van der Waals surface area (Å²) in [4.78, 5) is 0.669. The van der Waals surface area contributed by atoms with Gasteiger partial charge in [0.1, 0.15) is 13.1 Å². The Labute approximate surface area is 102 Å². The highest BCUT2D eigenvalue weighted by Crippen LogP contribution is 2.27. The number of para-hydroxylation sites is 2. The van der Waals surface area contributed by atoms with Gasteiger partial charge in [-0.2, -0.15) is 4.86 Å². The molecule has 0 aliphatic carbocycles. The van der Waals surface area contributed by atoms with Crippen molar-refractivity contribution in [1.82, 2.24) is 0 Å². The summed E-state index contributed by atoms with van der Waals surface area (Å²) in [5.41, 5.74) is 0.774. The Morgan fingerprint density at radius 1 is 1.41 bits per heavy atom. The molecule has 0 aromatic heterocycles. The Balaban J connectivity index is 2.95. The van der Waals surface area contributed by atoms with E-state index in [9.17, 15) is 5.21 Å². The number of hydroxylamine groups is 1. The molecule has 0 saturated heterocycles. The van der Waals surface area contributed by atoms with E-state index in [0.29, 0.717) is 11.5 Å². The van der Waals surface area contributed by atoms with Crippen molar-refractivity contribution in [2.75, 3.05) is 18.7 Å². The molecule has 0 unspecified atom stereocenters. The van der Waals surface area contributed by atoms with Gasteiger partial charge in [0.2, 0.25) is 0 Å². The van der Waals surface area contributed by atoms with Gasteiger partial charge in [-0.05, 0) is 32.9 Å². The van der Waals surface area contributed by atoms with Crippen LogP contribution < -0.4 is 9.75 Å². The quantitative estimate of drug-likeness (QED) is 0.449. The van der Waals surface area contributed by atoms with Crippen LogP contribution in [-0.2, 0) is 0 Å². The lowest BCUT2D eigenvalue weighted by atomic mass is 10.3. The van der Waals surface area contributed by atoms with Crippen LogP contribution in [0, 0.1) is 5.21 Å². The van der Waals surface area contributed by atoms with Crippen molar-refractivity contribution in [3.05, 3.63) is 29.5 Å². The molecule has 0 saturated carbocycles. The van der Waals surface area contributed by atoms with Crippen molar-refractivity contribution in [3.63, 3.8) is 0 Å². The number of anilines is 1. The smallest absolute Gasteiger partial charge is 0.191 e. The molecule has 0 radical (unpaired) electrons. The van der Waals surface area contributed by atoms with Crippen molar-refractivity contribution in [3.8, 4) is 5.75 Å². The lowest BCUT2D eigenvalue weighted by Crippen LogP contribution is -2.19. The van der Waals surface area contributed by atoms with Crippen LogP contribution in [0.25, 0.3) is 0 Å². The van der Waals surface area contributed by atoms with Crippen LogP contribution in [0.4, 0.5) is 5.69 Å². The maximum atomic E-state index is 11.5. The molecule has 0 aliphatic rings. The molecule has 17 heavy (non-hydrogen) atoms. The number of rotatable bonds is 5. The SMILES string of the molecule is CCOc1ccccc1N(C)/N=[N+](\[O-])C(C)C. The topological polar surface area (TPSA) is 50.9 Å². The number of benzene rings is 1. The van der Waals surface area contributed by atoms with Gasteiger partial charge in [-0.15, -0.1) is 5.01 Å². The number of hydrogen-bond acceptors (Lipinski definition) is 3. The molecule has 5 nitrogen and oxygen atoms in total. The Hall–Kier alpha value is -1.78. The number of hydrogen-bond donors (Lipinski definition) is 0. The molecule has 0 atom stereocenters. The van der Waals surface area contributed by atoms with Gasteiger partial charge in [0.05, 0.1) is 11.8 Å². The highest BCUT2D eigenvalue weighted by atomic mass is 16.5. The van der Waals surface area contributed by atoms with Crippen LogP contribution >= 0.6 is 0 Å². The van der Waals surface area contributed by atoms with E-state index in [1.807, 2.05) is 31.2 Å². The van der Waals surface area contributed by atoms with Gasteiger partial charge in [-0.25, -0.2) is 0 Å². The van der Waals surface area contributed by atoms with E-state index in [-0.39, 0.29) is 6.04 Å². The molecule has 0 bridgehead atoms. The third kappa shape index (κ3) is 3.62. The number of ether oxygens (including phenoxy) is 1. The van der Waals surface area contributed by atoms with E-state index >= 15 is 0 Å². The first-order valence-corrected chi connectivity index (χ1v) is 5.69. The molecule has 94 valence electrons. The molecule has 1 rings (SSSR count). The predicted octanol–water partition coefficient (Wildman–Crippen LogP) is 2.81. The Bertz CT molecular complexity index is 391. The van der Waals surface area contributed by atoms with Gasteiger partial charge in [0.25, 0.3) is 0 Å². The summed E-state index contributed by atoms with van der Waals surface area (Å²) in [6, 6.07) is 7.31. The lowest BCUT2D eigenvalue weighted by molar-refractivity contribution is -0.562. The Morgan fingerprint density at radius 3 is 2.65 bits per heavy atom. The normalized spacial score (nSPS) is 11.7. The van der Waals surface area contributed by atoms with Crippen molar-refractivity contribution in [2.24, 2.45) is 5.22 Å². The third-order valence-electron chi connectivity index (χ3n) is 2.18. The van der Waals surface area contributed by atoms with Gasteiger partial charge < -0.3 is 9.94 Å². The Kier molecular flexibility index (Phi) is 4.75. The zero-order valence-electron chi connectivity index (χ0n) is 10.8. The van der Waals surface area contributed by atoms with Gasteiger partial charge in [-0.1, -0.05) is 12.1 Å². The van der Waals surface area contributed by atoms with Gasteiger partial charge in [-0.3, -0.25) is 0 Å². The Morgan fingerprint density at radius 2 is 2.06 bits per heavy atom. The van der Waals surface area contributed by atoms with Gasteiger partial charge in [0, 0.05) is 0 Å². The highest BCUT2D eigenvalue weighted by Gasteiger charge is 2.13. The zero-order valence-corrected chi connectivity index (χ0v) is 10.8. The predicted molar refractivity (Wildman–Crippen MR) is 67.2 cm³/mol. The summed E-state index contributed by atoms with van der Waals surface area (Å²) in [6.07, 6.45) is 0. The first kappa shape index (κ1) is 13.3. The fraction of sp³-hybridized carbons (Fsp3) is 0.500. The van der Waals surface area contributed by atoms with E-state index in [1.165, 1.54) is 5.01 Å². The van der Waals surface area contributed by atoms with Crippen molar-refractivity contribution in [2.45, 2.75) is 26.8 Å². The lowest BCUT2D eigenvalue weighted by Gasteiger charge is -2.15. The van der Waals surface area contributed by atoms with E-state index in [0.717, 1.165) is 11.4 Å². The maximum absolute atomic E-state index is 11.5. The third-order valence-corrected chi connectivity index (χ3v) is 2.18. The van der Waals surface area contributed by atoms with E-state index in [4.69, 9.17) is 4.74 Å². The molecule has 0 N–H and O–H groups in total. The molecule has 0 fully saturated rings. The second-order valence-electron chi connectivity index (χ2n) is 3.91. The standard InChI is InChI=1S/C12H19N3O2/c1-5-17-12-9-7-6-8-11(12)14(4)13-15(16)10(2)3/h6-10H,5H2,1-4H3/b15-13-. The minimum Gasteiger partial charge on any atom is -0.696 e. The molecule has 0 aliphatic heterocycles. The van der Waals surface area contributed by atoms with E-state index < -0.39 is 0 Å². The molecule has 0 amide bonds. The molecule has 1 aromatic rings. The van der Waals surface area contributed by atoms with Gasteiger partial charge in [0.15, 0.2) is 11.4 Å². The van der Waals surface area contributed by atoms with Crippen LogP contribution in [-0.4, -0.2) is 24.6 Å². The molecule has 0 heterocycles.